The highest BCUT2D eigenvalue weighted by atomic mass is 32.4. The molecule has 11 heavy (non-hydrogen) atoms. The molecule has 1 aliphatic heterocycles. The van der Waals surface area contributed by atoms with Crippen LogP contribution < -0.4 is 0 Å². The third-order valence-electron chi connectivity index (χ3n) is 2.23. The van der Waals surface area contributed by atoms with E-state index < -0.39 is 6.04 Å². The summed E-state index contributed by atoms with van der Waals surface area (Å²) in [6.45, 7) is 4.47. The van der Waals surface area contributed by atoms with Crippen LogP contribution in [0.4, 0.5) is 0 Å². The Balaban J connectivity index is 2.40. The molecule has 0 fully saturated rings. The lowest BCUT2D eigenvalue weighted by Gasteiger charge is -2.14. The molecule has 64 valence electrons. The summed E-state index contributed by atoms with van der Waals surface area (Å²) in [4.78, 5) is 0. The minimum absolute atomic E-state index is 0.902. The van der Waals surface area contributed by atoms with Gasteiger partial charge in [0.2, 0.25) is 0 Å². The quantitative estimate of drug-likeness (QED) is 0.484. The molecule has 0 N–H and O–H groups in total. The molecule has 0 amide bonds. The van der Waals surface area contributed by atoms with Gasteiger partial charge in [0.15, 0.2) is 0 Å². The van der Waals surface area contributed by atoms with Gasteiger partial charge in [-0.05, 0) is 37.9 Å². The third kappa shape index (κ3) is 2.72. The average molecular weight is 188 g/mol. The number of hydrogen-bond donors (Lipinski definition) is 0. The number of allylic oxidation sites excluding steroid dienone is 2. The molecule has 1 atom stereocenters. The zero-order valence-electron chi connectivity index (χ0n) is 7.47. The molecule has 0 spiro atoms. The standard InChI is InChI=1S/C9H17PS/c1-3-4-6-10(11)7-5-9(2)8-10/h5H,3-4,6-8H2,1-2H3. The summed E-state index contributed by atoms with van der Waals surface area (Å²) in [5, 5.41) is 0. The van der Waals surface area contributed by atoms with Gasteiger partial charge < -0.3 is 0 Å². The van der Waals surface area contributed by atoms with Crippen molar-refractivity contribution in [3.63, 3.8) is 0 Å². The van der Waals surface area contributed by atoms with Crippen LogP contribution in [0.1, 0.15) is 26.7 Å². The van der Waals surface area contributed by atoms with Crippen LogP contribution in [-0.2, 0) is 11.8 Å². The molecule has 0 saturated heterocycles. The van der Waals surface area contributed by atoms with E-state index in [0.717, 1.165) is 0 Å². The zero-order chi connectivity index (χ0) is 8.32. The monoisotopic (exact) mass is 188 g/mol. The van der Waals surface area contributed by atoms with Gasteiger partial charge in [-0.2, -0.15) is 0 Å². The molecule has 1 aliphatic rings. The normalized spacial score (nSPS) is 30.5. The maximum atomic E-state index is 5.67. The summed E-state index contributed by atoms with van der Waals surface area (Å²) in [5.41, 5.74) is 1.55. The molecule has 0 aliphatic carbocycles. The molecular formula is C9H17PS. The Morgan fingerprint density at radius 3 is 2.82 bits per heavy atom. The first-order valence-corrected chi connectivity index (χ1v) is 7.75. The molecule has 0 aromatic heterocycles. The van der Waals surface area contributed by atoms with E-state index >= 15 is 0 Å². The van der Waals surface area contributed by atoms with Crippen LogP contribution in [-0.4, -0.2) is 18.5 Å². The highest BCUT2D eigenvalue weighted by Crippen LogP contribution is 2.52. The maximum absolute atomic E-state index is 5.67. The molecule has 0 radical (unpaired) electrons. The minimum Gasteiger partial charge on any atom is -0.0968 e. The molecule has 0 bridgehead atoms. The topological polar surface area (TPSA) is 0 Å². The van der Waals surface area contributed by atoms with Crippen LogP contribution in [0.3, 0.4) is 0 Å². The first kappa shape index (κ1) is 9.48. The van der Waals surface area contributed by atoms with Crippen molar-refractivity contribution in [1.82, 2.24) is 0 Å². The third-order valence-corrected chi connectivity index (χ3v) is 6.67. The second-order valence-electron chi connectivity index (χ2n) is 3.53. The van der Waals surface area contributed by atoms with Crippen LogP contribution in [0.25, 0.3) is 0 Å². The van der Waals surface area contributed by atoms with Gasteiger partial charge in [-0.3, -0.25) is 0 Å². The highest BCUT2D eigenvalue weighted by molar-refractivity contribution is 8.14. The van der Waals surface area contributed by atoms with Crippen LogP contribution in [0.2, 0.25) is 0 Å². The van der Waals surface area contributed by atoms with E-state index in [4.69, 9.17) is 11.8 Å². The lowest BCUT2D eigenvalue weighted by atomic mass is 10.3. The fourth-order valence-corrected chi connectivity index (χ4v) is 5.79. The lowest BCUT2D eigenvalue weighted by Crippen LogP contribution is -1.92. The summed E-state index contributed by atoms with van der Waals surface area (Å²) in [6.07, 6.45) is 8.86. The zero-order valence-corrected chi connectivity index (χ0v) is 9.18. The minimum atomic E-state index is -0.902. The molecule has 0 nitrogen and oxygen atoms in total. The highest BCUT2D eigenvalue weighted by Gasteiger charge is 2.20. The molecule has 1 heterocycles. The second kappa shape index (κ2) is 3.87. The van der Waals surface area contributed by atoms with Crippen molar-refractivity contribution in [2.45, 2.75) is 26.7 Å². The second-order valence-corrected chi connectivity index (χ2v) is 9.10. The van der Waals surface area contributed by atoms with E-state index in [1.807, 2.05) is 0 Å². The van der Waals surface area contributed by atoms with Gasteiger partial charge in [-0.15, -0.1) is 0 Å². The van der Waals surface area contributed by atoms with Gasteiger partial charge in [-0.1, -0.05) is 36.8 Å². The first-order chi connectivity index (χ1) is 5.16. The fraction of sp³-hybridized carbons (Fsp3) is 0.778. The molecule has 1 unspecified atom stereocenters. The number of hydrogen-bond acceptors (Lipinski definition) is 1. The van der Waals surface area contributed by atoms with Crippen molar-refractivity contribution < 1.29 is 0 Å². The van der Waals surface area contributed by atoms with Gasteiger partial charge >= 0.3 is 0 Å². The van der Waals surface area contributed by atoms with Crippen molar-refractivity contribution in [1.29, 1.82) is 0 Å². The summed E-state index contributed by atoms with van der Waals surface area (Å²) in [5.74, 6) is 0. The first-order valence-electron chi connectivity index (χ1n) is 4.39. The molecule has 0 saturated carbocycles. The smallest absolute Gasteiger partial charge is 0.00234 e. The Hall–Kier alpha value is 0.390. The van der Waals surface area contributed by atoms with Crippen LogP contribution in [0.5, 0.6) is 0 Å². The average Bonchev–Trinajstić information content (AvgIpc) is 2.28. The Labute approximate surface area is 75.1 Å². The van der Waals surface area contributed by atoms with Crippen molar-refractivity contribution in [3.05, 3.63) is 11.6 Å². The summed E-state index contributed by atoms with van der Waals surface area (Å²) in [6, 6.07) is -0.902. The Kier molecular flexibility index (Phi) is 3.33. The largest absolute Gasteiger partial charge is 0.0968 e. The lowest BCUT2D eigenvalue weighted by molar-refractivity contribution is 0.890. The van der Waals surface area contributed by atoms with Gasteiger partial charge in [0.25, 0.3) is 0 Å². The van der Waals surface area contributed by atoms with Crippen molar-refractivity contribution in [2.24, 2.45) is 0 Å². The summed E-state index contributed by atoms with van der Waals surface area (Å²) < 4.78 is 0. The van der Waals surface area contributed by atoms with E-state index in [1.54, 1.807) is 5.57 Å². The summed E-state index contributed by atoms with van der Waals surface area (Å²) in [7, 11) is 0. The Bertz CT molecular complexity index is 206. The van der Waals surface area contributed by atoms with E-state index in [2.05, 4.69) is 19.9 Å². The number of unbranched alkanes of at least 4 members (excludes halogenated alkanes) is 1. The summed E-state index contributed by atoms with van der Waals surface area (Å²) >= 11 is 5.67. The predicted molar refractivity (Wildman–Crippen MR) is 57.6 cm³/mol. The van der Waals surface area contributed by atoms with Gasteiger partial charge in [0, 0.05) is 0 Å². The molecule has 2 heteroatoms. The molecule has 1 rings (SSSR count). The van der Waals surface area contributed by atoms with Gasteiger partial charge in [-0.25, -0.2) is 0 Å². The molecule has 0 aromatic rings. The van der Waals surface area contributed by atoms with Gasteiger partial charge in [0.05, 0.1) is 0 Å². The van der Waals surface area contributed by atoms with Gasteiger partial charge in [0.1, 0.15) is 0 Å². The van der Waals surface area contributed by atoms with Crippen molar-refractivity contribution >= 4 is 17.8 Å². The van der Waals surface area contributed by atoms with E-state index in [-0.39, 0.29) is 0 Å². The number of rotatable bonds is 3. The van der Waals surface area contributed by atoms with Crippen molar-refractivity contribution in [3.8, 4) is 0 Å². The maximum Gasteiger partial charge on any atom is -0.00234 e. The van der Waals surface area contributed by atoms with Crippen molar-refractivity contribution in [2.75, 3.05) is 18.5 Å². The molecule has 0 aromatic carbocycles. The predicted octanol–water partition coefficient (Wildman–Crippen LogP) is 3.23. The molecular weight excluding hydrogens is 171 g/mol. The van der Waals surface area contributed by atoms with Crippen LogP contribution in [0.15, 0.2) is 11.6 Å². The Morgan fingerprint density at radius 2 is 2.36 bits per heavy atom. The van der Waals surface area contributed by atoms with E-state index in [1.165, 1.54) is 31.3 Å². The SMILES string of the molecule is CCCCP1(=S)CC=C(C)C1. The van der Waals surface area contributed by atoms with Crippen LogP contribution >= 0.6 is 6.04 Å². The van der Waals surface area contributed by atoms with Crippen LogP contribution in [0, 0.1) is 0 Å². The Morgan fingerprint density at radius 1 is 1.64 bits per heavy atom. The fourth-order valence-electron chi connectivity index (χ4n) is 1.52. The van der Waals surface area contributed by atoms with E-state index in [9.17, 15) is 0 Å². The van der Waals surface area contributed by atoms with E-state index in [0.29, 0.717) is 0 Å².